The van der Waals surface area contributed by atoms with Crippen molar-refractivity contribution in [3.05, 3.63) is 0 Å². The van der Waals surface area contributed by atoms with E-state index in [9.17, 15) is 36.4 Å². The number of halogens is 2. The maximum Gasteiger partial charge on any atom is 0.405 e. The maximum atomic E-state index is 13.6. The zero-order chi connectivity index (χ0) is 30.1. The Morgan fingerprint density at radius 3 is 2.50 bits per heavy atom. The summed E-state index contributed by atoms with van der Waals surface area (Å²) in [4.78, 5) is 50.0. The molecule has 16 heteroatoms. The fraction of sp³-hybridized carbons (Fsp3) is 0.846. The second-order valence-electron chi connectivity index (χ2n) is 12.1. The SMILES string of the molecule is CC(OC(=O)CCC(=O)OC1C2OC(=O)C3C2OC1C3C(=O)OCOC1CC2CC1C1CCCC21)C(F)(F)S(=O)(=O)O. The Hall–Kier alpha value is -2.43. The molecule has 0 aromatic carbocycles. The molecule has 13 nitrogen and oxygen atoms in total. The van der Waals surface area contributed by atoms with Crippen LogP contribution in [-0.4, -0.2) is 85.5 Å². The normalized spacial score (nSPS) is 40.1. The van der Waals surface area contributed by atoms with E-state index in [4.69, 9.17) is 28.2 Å². The number of alkyl halides is 2. The molecular formula is C26H32F2O13S. The summed E-state index contributed by atoms with van der Waals surface area (Å²) in [5.74, 6) is -3.22. The van der Waals surface area contributed by atoms with Gasteiger partial charge >= 0.3 is 39.2 Å². The summed E-state index contributed by atoms with van der Waals surface area (Å²) in [5, 5.41) is -4.75. The van der Waals surface area contributed by atoms with Crippen LogP contribution in [-0.2, 0) is 57.7 Å². The first-order valence-electron chi connectivity index (χ1n) is 14.2. The molecule has 3 saturated heterocycles. The van der Waals surface area contributed by atoms with Gasteiger partial charge in [-0.2, -0.15) is 17.2 Å². The van der Waals surface area contributed by atoms with Gasteiger partial charge in [0.15, 0.2) is 25.1 Å². The molecule has 0 aromatic rings. The monoisotopic (exact) mass is 622 g/mol. The summed E-state index contributed by atoms with van der Waals surface area (Å²) in [6.07, 6.45) is -2.10. The van der Waals surface area contributed by atoms with Gasteiger partial charge in [0, 0.05) is 0 Å². The van der Waals surface area contributed by atoms with E-state index in [0.29, 0.717) is 24.7 Å². The number of esters is 4. The third-order valence-corrected chi connectivity index (χ3v) is 11.0. The minimum Gasteiger partial charge on any atom is -0.455 e. The minimum atomic E-state index is -5.84. The van der Waals surface area contributed by atoms with Gasteiger partial charge in [0.1, 0.15) is 24.0 Å². The molecule has 0 spiro atoms. The second kappa shape index (κ2) is 10.6. The Morgan fingerprint density at radius 1 is 1.05 bits per heavy atom. The lowest BCUT2D eigenvalue weighted by Crippen LogP contribution is -2.48. The van der Waals surface area contributed by atoms with Crippen LogP contribution in [0.3, 0.4) is 0 Å². The molecule has 234 valence electrons. The van der Waals surface area contributed by atoms with E-state index in [1.165, 1.54) is 19.3 Å². The molecule has 4 bridgehead atoms. The van der Waals surface area contributed by atoms with Gasteiger partial charge < -0.3 is 28.4 Å². The van der Waals surface area contributed by atoms with Crippen molar-refractivity contribution in [2.75, 3.05) is 6.79 Å². The van der Waals surface area contributed by atoms with Gasteiger partial charge in [-0.05, 0) is 56.3 Å². The number of ether oxygens (including phenoxy) is 6. The number of carbonyl (C=O) groups is 4. The van der Waals surface area contributed by atoms with Crippen molar-refractivity contribution in [3.8, 4) is 0 Å². The average Bonchev–Trinajstić information content (AvgIpc) is 3.73. The summed E-state index contributed by atoms with van der Waals surface area (Å²) in [5.41, 5.74) is 0. The van der Waals surface area contributed by atoms with Crippen molar-refractivity contribution < 1.29 is 69.4 Å². The van der Waals surface area contributed by atoms with E-state index in [1.807, 2.05) is 0 Å². The predicted octanol–water partition coefficient (Wildman–Crippen LogP) is 1.37. The summed E-state index contributed by atoms with van der Waals surface area (Å²) in [7, 11) is -5.84. The fourth-order valence-corrected chi connectivity index (χ4v) is 8.63. The number of carbonyl (C=O) groups excluding carboxylic acids is 4. The Kier molecular flexibility index (Phi) is 7.50. The second-order valence-corrected chi connectivity index (χ2v) is 13.6. The summed E-state index contributed by atoms with van der Waals surface area (Å²) in [6, 6.07) is 0. The first kappa shape index (κ1) is 29.6. The highest BCUT2D eigenvalue weighted by Gasteiger charge is 2.72. The molecule has 6 aliphatic rings. The predicted molar refractivity (Wildman–Crippen MR) is 130 cm³/mol. The highest BCUT2D eigenvalue weighted by molar-refractivity contribution is 7.86. The molecule has 3 aliphatic carbocycles. The molecule has 3 saturated carbocycles. The van der Waals surface area contributed by atoms with Crippen molar-refractivity contribution in [2.24, 2.45) is 35.5 Å². The molecule has 0 aromatic heterocycles. The van der Waals surface area contributed by atoms with Crippen molar-refractivity contribution in [3.63, 3.8) is 0 Å². The van der Waals surface area contributed by atoms with Gasteiger partial charge in [-0.15, -0.1) is 0 Å². The zero-order valence-corrected chi connectivity index (χ0v) is 23.4. The highest BCUT2D eigenvalue weighted by Crippen LogP contribution is 2.59. The van der Waals surface area contributed by atoms with Crippen LogP contribution in [0.15, 0.2) is 0 Å². The van der Waals surface area contributed by atoms with Crippen molar-refractivity contribution in [1.29, 1.82) is 0 Å². The van der Waals surface area contributed by atoms with Crippen LogP contribution in [0, 0.1) is 35.5 Å². The molecule has 0 radical (unpaired) electrons. The largest absolute Gasteiger partial charge is 0.455 e. The van der Waals surface area contributed by atoms with Crippen LogP contribution >= 0.6 is 0 Å². The summed E-state index contributed by atoms with van der Waals surface area (Å²) in [6.45, 7) is 0.291. The molecule has 42 heavy (non-hydrogen) atoms. The molecular weight excluding hydrogens is 590 g/mol. The van der Waals surface area contributed by atoms with Gasteiger partial charge in [-0.3, -0.25) is 23.7 Å². The topological polar surface area (TPSA) is 178 Å². The Labute approximate surface area is 239 Å². The average molecular weight is 623 g/mol. The lowest BCUT2D eigenvalue weighted by molar-refractivity contribution is -0.176. The number of fused-ring (bicyclic) bond motifs is 6. The maximum absolute atomic E-state index is 13.6. The van der Waals surface area contributed by atoms with Crippen LogP contribution in [0.5, 0.6) is 0 Å². The number of hydrogen-bond donors (Lipinski definition) is 1. The van der Waals surface area contributed by atoms with Crippen molar-refractivity contribution in [1.82, 2.24) is 0 Å². The standard InChI is InChI=1S/C26H32F2O13S/c1-10(26(27,28)42(33,34)35)38-16(29)5-6-17(30)39-22-20-18(19-21(40-20)23(22)41-25(19)32)24(31)37-9-36-15-8-11-7-14(15)13-4-2-3-12(11)13/h10-15,18-23H,2-9H2,1H3,(H,33,34,35). The molecule has 3 heterocycles. The van der Waals surface area contributed by atoms with E-state index in [2.05, 4.69) is 4.74 Å². The van der Waals surface area contributed by atoms with Crippen LogP contribution in [0.4, 0.5) is 8.78 Å². The Balaban J connectivity index is 0.996. The van der Waals surface area contributed by atoms with Gasteiger partial charge in [0.05, 0.1) is 18.9 Å². The summed E-state index contributed by atoms with van der Waals surface area (Å²) >= 11 is 0. The van der Waals surface area contributed by atoms with Gasteiger partial charge in [-0.25, -0.2) is 0 Å². The molecule has 1 N–H and O–H groups in total. The van der Waals surface area contributed by atoms with E-state index in [1.54, 1.807) is 0 Å². The molecule has 12 atom stereocenters. The molecule has 6 fully saturated rings. The molecule has 12 unspecified atom stereocenters. The van der Waals surface area contributed by atoms with Crippen LogP contribution < -0.4 is 0 Å². The van der Waals surface area contributed by atoms with Crippen LogP contribution in [0.2, 0.25) is 0 Å². The molecule has 3 aliphatic heterocycles. The Bertz CT molecular complexity index is 1260. The fourth-order valence-electron chi connectivity index (χ4n) is 8.16. The first-order chi connectivity index (χ1) is 19.8. The number of hydrogen-bond acceptors (Lipinski definition) is 12. The third kappa shape index (κ3) is 4.87. The lowest BCUT2D eigenvalue weighted by atomic mass is 9.78. The third-order valence-electron chi connectivity index (χ3n) is 9.95. The van der Waals surface area contributed by atoms with Gasteiger partial charge in [0.25, 0.3) is 0 Å². The quantitative estimate of drug-likeness (QED) is 0.151. The van der Waals surface area contributed by atoms with Gasteiger partial charge in [0.2, 0.25) is 0 Å². The smallest absolute Gasteiger partial charge is 0.405 e. The Morgan fingerprint density at radius 2 is 1.76 bits per heavy atom. The van der Waals surface area contributed by atoms with Gasteiger partial charge in [-0.1, -0.05) is 6.42 Å². The summed E-state index contributed by atoms with van der Waals surface area (Å²) < 4.78 is 89.5. The van der Waals surface area contributed by atoms with E-state index < -0.39 is 94.4 Å². The van der Waals surface area contributed by atoms with Crippen molar-refractivity contribution in [2.45, 2.75) is 93.7 Å². The van der Waals surface area contributed by atoms with Crippen molar-refractivity contribution >= 4 is 34.0 Å². The first-order valence-corrected chi connectivity index (χ1v) is 15.6. The van der Waals surface area contributed by atoms with Crippen LogP contribution in [0.1, 0.15) is 51.9 Å². The van der Waals surface area contributed by atoms with E-state index in [-0.39, 0.29) is 12.9 Å². The lowest BCUT2D eigenvalue weighted by Gasteiger charge is -2.31. The molecule has 6 rings (SSSR count). The highest BCUT2D eigenvalue weighted by atomic mass is 32.2. The number of rotatable bonds is 11. The zero-order valence-electron chi connectivity index (χ0n) is 22.6. The minimum absolute atomic E-state index is 0.0295. The molecule has 0 amide bonds. The van der Waals surface area contributed by atoms with E-state index in [0.717, 1.165) is 18.8 Å². The van der Waals surface area contributed by atoms with Crippen LogP contribution in [0.25, 0.3) is 0 Å². The van der Waals surface area contributed by atoms with E-state index >= 15 is 0 Å².